The van der Waals surface area contributed by atoms with Gasteiger partial charge in [0.15, 0.2) is 0 Å². The predicted octanol–water partition coefficient (Wildman–Crippen LogP) is 5.39. The van der Waals surface area contributed by atoms with Crippen LogP contribution in [-0.4, -0.2) is 17.7 Å². The van der Waals surface area contributed by atoms with Crippen LogP contribution in [0.25, 0.3) is 0 Å². The molecule has 2 aromatic carbocycles. The summed E-state index contributed by atoms with van der Waals surface area (Å²) in [6.45, 7) is 6.27. The number of carboxylic acids is 1. The van der Waals surface area contributed by atoms with Gasteiger partial charge in [-0.25, -0.2) is 0 Å². The molecule has 4 nitrogen and oxygen atoms in total. The fraction of sp³-hybridized carbons (Fsp3) is 0.350. The second-order valence-corrected chi connectivity index (χ2v) is 7.47. The van der Waals surface area contributed by atoms with Crippen molar-refractivity contribution in [2.24, 2.45) is 5.92 Å². The fourth-order valence-electron chi connectivity index (χ4n) is 3.29. The van der Waals surface area contributed by atoms with Gasteiger partial charge in [-0.1, -0.05) is 36.2 Å². The van der Waals surface area contributed by atoms with Crippen LogP contribution in [0.5, 0.6) is 11.5 Å². The van der Waals surface area contributed by atoms with Crippen LogP contribution in [0.3, 0.4) is 0 Å². The van der Waals surface area contributed by atoms with E-state index in [9.17, 15) is 9.90 Å². The van der Waals surface area contributed by atoms with Gasteiger partial charge in [-0.05, 0) is 37.6 Å². The Morgan fingerprint density at radius 1 is 1.35 bits per heavy atom. The molecule has 2 aromatic rings. The minimum atomic E-state index is -0.818. The van der Waals surface area contributed by atoms with Crippen LogP contribution in [-0.2, 0) is 11.4 Å². The van der Waals surface area contributed by atoms with Crippen molar-refractivity contribution in [3.8, 4) is 11.5 Å². The van der Waals surface area contributed by atoms with Gasteiger partial charge >= 0.3 is 5.97 Å². The summed E-state index contributed by atoms with van der Waals surface area (Å²) < 4.78 is 11.8. The molecule has 0 spiro atoms. The molecule has 0 aliphatic carbocycles. The van der Waals surface area contributed by atoms with Gasteiger partial charge in [-0.3, -0.25) is 4.79 Å². The minimum Gasteiger partial charge on any atom is -0.492 e. The summed E-state index contributed by atoms with van der Waals surface area (Å²) in [6.07, 6.45) is 0. The summed E-state index contributed by atoms with van der Waals surface area (Å²) in [5.74, 6) is -0.0349. The van der Waals surface area contributed by atoms with Gasteiger partial charge in [0, 0.05) is 32.7 Å². The van der Waals surface area contributed by atoms with Gasteiger partial charge in [0.1, 0.15) is 18.1 Å². The third kappa shape index (κ3) is 3.49. The molecule has 1 aliphatic rings. The highest BCUT2D eigenvalue weighted by Crippen LogP contribution is 2.46. The predicted molar refractivity (Wildman–Crippen MR) is 102 cm³/mol. The SMILES string of the molecule is Cc1cc(OCc2ccc(Cl)cc2Cl)c(C)c2c1C(C(C)C(=O)O)CO2. The topological polar surface area (TPSA) is 55.8 Å². The number of aliphatic carboxylic acids is 1. The van der Waals surface area contributed by atoms with Crippen molar-refractivity contribution in [3.05, 3.63) is 56.6 Å². The second kappa shape index (κ2) is 7.37. The quantitative estimate of drug-likeness (QED) is 0.738. The molecule has 6 heteroatoms. The Bertz CT molecular complexity index is 863. The van der Waals surface area contributed by atoms with E-state index >= 15 is 0 Å². The van der Waals surface area contributed by atoms with E-state index in [-0.39, 0.29) is 5.92 Å². The first-order valence-electron chi connectivity index (χ1n) is 8.36. The van der Waals surface area contributed by atoms with Crippen molar-refractivity contribution < 1.29 is 19.4 Å². The summed E-state index contributed by atoms with van der Waals surface area (Å²) in [6, 6.07) is 7.23. The molecule has 26 heavy (non-hydrogen) atoms. The molecule has 3 rings (SSSR count). The molecule has 0 radical (unpaired) electrons. The maximum absolute atomic E-state index is 11.4. The van der Waals surface area contributed by atoms with E-state index in [1.807, 2.05) is 26.0 Å². The average Bonchev–Trinajstić information content (AvgIpc) is 3.03. The molecule has 0 fully saturated rings. The standard InChI is InChI=1S/C20H20Cl2O4/c1-10-6-17(25-8-13-4-5-14(21)7-16(13)22)12(3)19-18(10)15(9-26-19)11(2)20(23)24/h4-7,11,15H,8-9H2,1-3H3,(H,23,24). The third-order valence-electron chi connectivity index (χ3n) is 4.90. The molecule has 0 bridgehead atoms. The first kappa shape index (κ1) is 18.9. The maximum Gasteiger partial charge on any atom is 0.306 e. The Morgan fingerprint density at radius 2 is 2.08 bits per heavy atom. The Kier molecular flexibility index (Phi) is 5.35. The Labute approximate surface area is 162 Å². The van der Waals surface area contributed by atoms with Gasteiger partial charge in [0.25, 0.3) is 0 Å². The van der Waals surface area contributed by atoms with Crippen LogP contribution in [0.2, 0.25) is 10.0 Å². The summed E-state index contributed by atoms with van der Waals surface area (Å²) in [5.41, 5.74) is 3.65. The van der Waals surface area contributed by atoms with E-state index in [0.717, 1.165) is 28.0 Å². The number of rotatable bonds is 5. The molecular weight excluding hydrogens is 375 g/mol. The van der Waals surface area contributed by atoms with E-state index < -0.39 is 11.9 Å². The number of aryl methyl sites for hydroxylation is 1. The van der Waals surface area contributed by atoms with Gasteiger partial charge in [0.05, 0.1) is 12.5 Å². The largest absolute Gasteiger partial charge is 0.492 e. The highest BCUT2D eigenvalue weighted by atomic mass is 35.5. The van der Waals surface area contributed by atoms with Crippen LogP contribution in [0.15, 0.2) is 24.3 Å². The molecule has 138 valence electrons. The molecule has 1 heterocycles. The van der Waals surface area contributed by atoms with E-state index in [4.69, 9.17) is 32.7 Å². The van der Waals surface area contributed by atoms with Crippen LogP contribution in [0, 0.1) is 19.8 Å². The number of ether oxygens (including phenoxy) is 2. The van der Waals surface area contributed by atoms with Gasteiger partial charge < -0.3 is 14.6 Å². The lowest BCUT2D eigenvalue weighted by Crippen LogP contribution is -2.20. The zero-order chi connectivity index (χ0) is 19.0. The first-order valence-corrected chi connectivity index (χ1v) is 9.11. The Hall–Kier alpha value is -1.91. The monoisotopic (exact) mass is 394 g/mol. The van der Waals surface area contributed by atoms with Crippen LogP contribution in [0.4, 0.5) is 0 Å². The minimum absolute atomic E-state index is 0.152. The number of halogens is 2. The van der Waals surface area contributed by atoms with E-state index in [0.29, 0.717) is 29.0 Å². The lowest BCUT2D eigenvalue weighted by Gasteiger charge is -2.18. The third-order valence-corrected chi connectivity index (χ3v) is 5.48. The van der Waals surface area contributed by atoms with Crippen LogP contribution >= 0.6 is 23.2 Å². The van der Waals surface area contributed by atoms with Crippen molar-refractivity contribution in [3.63, 3.8) is 0 Å². The molecule has 2 atom stereocenters. The van der Waals surface area contributed by atoms with Gasteiger partial charge in [-0.15, -0.1) is 0 Å². The zero-order valence-electron chi connectivity index (χ0n) is 14.8. The van der Waals surface area contributed by atoms with Gasteiger partial charge in [0.2, 0.25) is 0 Å². The first-order chi connectivity index (χ1) is 12.3. The van der Waals surface area contributed by atoms with Crippen molar-refractivity contribution in [2.75, 3.05) is 6.61 Å². The summed E-state index contributed by atoms with van der Waals surface area (Å²) in [5, 5.41) is 10.5. The fourth-order valence-corrected chi connectivity index (χ4v) is 3.75. The lowest BCUT2D eigenvalue weighted by atomic mass is 9.85. The number of fused-ring (bicyclic) bond motifs is 1. The zero-order valence-corrected chi connectivity index (χ0v) is 16.3. The molecule has 1 N–H and O–H groups in total. The van der Waals surface area contributed by atoms with E-state index in [1.54, 1.807) is 19.1 Å². The van der Waals surface area contributed by atoms with Crippen molar-refractivity contribution in [1.82, 2.24) is 0 Å². The number of carbonyl (C=O) groups is 1. The van der Waals surface area contributed by atoms with E-state index in [2.05, 4.69) is 0 Å². The van der Waals surface area contributed by atoms with Crippen molar-refractivity contribution in [2.45, 2.75) is 33.3 Å². The molecule has 2 unspecified atom stereocenters. The smallest absolute Gasteiger partial charge is 0.306 e. The average molecular weight is 395 g/mol. The molecule has 0 amide bonds. The van der Waals surface area contributed by atoms with Crippen LogP contribution < -0.4 is 9.47 Å². The number of carboxylic acid groups (broad SMARTS) is 1. The molecule has 1 aliphatic heterocycles. The van der Waals surface area contributed by atoms with Crippen molar-refractivity contribution in [1.29, 1.82) is 0 Å². The highest BCUT2D eigenvalue weighted by molar-refractivity contribution is 6.35. The summed E-state index contributed by atoms with van der Waals surface area (Å²) in [4.78, 5) is 11.4. The van der Waals surface area contributed by atoms with Crippen LogP contribution in [0.1, 0.15) is 35.1 Å². The highest BCUT2D eigenvalue weighted by Gasteiger charge is 2.36. The Balaban J connectivity index is 1.87. The molecule has 0 aromatic heterocycles. The molecule has 0 saturated carbocycles. The molecule has 0 saturated heterocycles. The van der Waals surface area contributed by atoms with Gasteiger partial charge in [-0.2, -0.15) is 0 Å². The lowest BCUT2D eigenvalue weighted by molar-refractivity contribution is -0.142. The second-order valence-electron chi connectivity index (χ2n) is 6.63. The van der Waals surface area contributed by atoms with E-state index in [1.165, 1.54) is 0 Å². The number of benzene rings is 2. The van der Waals surface area contributed by atoms with Crippen molar-refractivity contribution >= 4 is 29.2 Å². The Morgan fingerprint density at radius 3 is 2.73 bits per heavy atom. The number of hydrogen-bond donors (Lipinski definition) is 1. The molecular formula is C20H20Cl2O4. The summed E-state index contributed by atoms with van der Waals surface area (Å²) in [7, 11) is 0. The number of hydrogen-bond acceptors (Lipinski definition) is 3. The normalized spacial score (nSPS) is 16.7. The maximum atomic E-state index is 11.4. The summed E-state index contributed by atoms with van der Waals surface area (Å²) >= 11 is 12.1.